The molecule has 0 saturated carbocycles. The molecule has 12 nitrogen and oxygen atoms in total. The van der Waals surface area contributed by atoms with E-state index in [9.17, 15) is 24.4 Å². The largest absolute Gasteiger partial charge is 0.462 e. The molecular formula is C36H38N4O8. The summed E-state index contributed by atoms with van der Waals surface area (Å²) in [5.74, 6) is -1.76. The second-order valence-electron chi connectivity index (χ2n) is 9.73. The van der Waals surface area contributed by atoms with Crippen molar-refractivity contribution in [3.8, 4) is 12.1 Å². The van der Waals surface area contributed by atoms with E-state index in [2.05, 4.69) is 13.2 Å². The lowest BCUT2D eigenvalue weighted by atomic mass is 10.1. The van der Waals surface area contributed by atoms with Crippen LogP contribution in [-0.4, -0.2) is 83.4 Å². The number of hydrogen-bond acceptors (Lipinski definition) is 12. The quantitative estimate of drug-likeness (QED) is 0.0475. The fourth-order valence-electron chi connectivity index (χ4n) is 4.17. The fraction of sp³-hybridized carbons (Fsp3) is 0.278. The molecule has 0 saturated heterocycles. The molecule has 0 amide bonds. The number of hydrogen-bond donors (Lipinski definition) is 0. The standard InChI is InChI=1S/C36H38N4O8/c1-4-34(42)47-21-17-39(32-11-7-28(8-12-32)23-30(25-37)27-41)15-19-45-20-16-40(18-22-48-35(43)5-2)33-13-9-29(10-14-33)24-31(26-38)36(44)46-6-3/h4-5,7-14,23-24,27H,1-2,6,15-22H2,3H3/b30-23+,31-24+. The Morgan fingerprint density at radius 2 is 1.17 bits per heavy atom. The van der Waals surface area contributed by atoms with Crippen LogP contribution in [0.15, 0.2) is 85.0 Å². The van der Waals surface area contributed by atoms with Crippen LogP contribution in [0.3, 0.4) is 0 Å². The first kappa shape index (κ1) is 38.2. The lowest BCUT2D eigenvalue weighted by molar-refractivity contribution is -0.138. The summed E-state index contributed by atoms with van der Waals surface area (Å²) in [4.78, 5) is 50.0. The lowest BCUT2D eigenvalue weighted by Gasteiger charge is -2.26. The molecule has 0 N–H and O–H groups in total. The number of carbonyl (C=O) groups is 4. The molecule has 0 unspecified atom stereocenters. The highest BCUT2D eigenvalue weighted by molar-refractivity contribution is 5.97. The van der Waals surface area contributed by atoms with Gasteiger partial charge < -0.3 is 28.7 Å². The molecule has 12 heteroatoms. The number of rotatable bonds is 21. The van der Waals surface area contributed by atoms with Gasteiger partial charge in [-0.25, -0.2) is 14.4 Å². The Morgan fingerprint density at radius 3 is 1.56 bits per heavy atom. The summed E-state index contributed by atoms with van der Waals surface area (Å²) in [5.41, 5.74) is 2.83. The zero-order valence-corrected chi connectivity index (χ0v) is 26.8. The molecule has 0 aliphatic rings. The van der Waals surface area contributed by atoms with Crippen molar-refractivity contribution in [2.75, 3.05) is 69.0 Å². The first-order valence-electron chi connectivity index (χ1n) is 15.0. The van der Waals surface area contributed by atoms with Gasteiger partial charge in [-0.1, -0.05) is 37.4 Å². The molecule has 0 aliphatic heterocycles. The van der Waals surface area contributed by atoms with Crippen LogP contribution in [0.2, 0.25) is 0 Å². The number of anilines is 2. The lowest BCUT2D eigenvalue weighted by Crippen LogP contribution is -2.34. The summed E-state index contributed by atoms with van der Waals surface area (Å²) in [6.07, 6.45) is 5.61. The van der Waals surface area contributed by atoms with E-state index in [1.165, 1.54) is 12.2 Å². The number of aldehydes is 1. The molecule has 0 bridgehead atoms. The van der Waals surface area contributed by atoms with Crippen molar-refractivity contribution in [3.05, 3.63) is 96.1 Å². The highest BCUT2D eigenvalue weighted by Crippen LogP contribution is 2.19. The van der Waals surface area contributed by atoms with Crippen molar-refractivity contribution in [2.24, 2.45) is 0 Å². The predicted molar refractivity (Wildman–Crippen MR) is 180 cm³/mol. The number of benzene rings is 2. The van der Waals surface area contributed by atoms with Gasteiger partial charge in [-0.3, -0.25) is 4.79 Å². The fourth-order valence-corrected chi connectivity index (χ4v) is 4.17. The Kier molecular flexibility index (Phi) is 17.3. The average molecular weight is 655 g/mol. The van der Waals surface area contributed by atoms with Gasteiger partial charge in [0.25, 0.3) is 0 Å². The molecular weight excluding hydrogens is 616 g/mol. The summed E-state index contributed by atoms with van der Waals surface area (Å²) in [5, 5.41) is 18.3. The number of esters is 3. The Bertz CT molecular complexity index is 1550. The summed E-state index contributed by atoms with van der Waals surface area (Å²) in [6.45, 7) is 11.2. The van der Waals surface area contributed by atoms with Crippen LogP contribution in [-0.2, 0) is 38.1 Å². The van der Waals surface area contributed by atoms with Crippen LogP contribution in [0.5, 0.6) is 0 Å². The van der Waals surface area contributed by atoms with Crippen molar-refractivity contribution >= 4 is 47.7 Å². The number of nitrogens with zero attached hydrogens (tertiary/aromatic N) is 4. The molecule has 0 spiro atoms. The molecule has 0 atom stereocenters. The molecule has 0 fully saturated rings. The van der Waals surface area contributed by atoms with Gasteiger partial charge in [-0.15, -0.1) is 0 Å². The molecule has 48 heavy (non-hydrogen) atoms. The maximum absolute atomic E-state index is 12.0. The van der Waals surface area contributed by atoms with Crippen LogP contribution >= 0.6 is 0 Å². The van der Waals surface area contributed by atoms with Crippen LogP contribution < -0.4 is 9.80 Å². The first-order valence-corrected chi connectivity index (χ1v) is 15.0. The van der Waals surface area contributed by atoms with E-state index in [0.29, 0.717) is 56.8 Å². The maximum atomic E-state index is 12.0. The van der Waals surface area contributed by atoms with Gasteiger partial charge in [0.15, 0.2) is 6.29 Å². The number of carbonyl (C=O) groups excluding carboxylic acids is 4. The van der Waals surface area contributed by atoms with Gasteiger partial charge in [0.05, 0.1) is 38.5 Å². The molecule has 0 heterocycles. The van der Waals surface area contributed by atoms with E-state index in [-0.39, 0.29) is 31.0 Å². The number of ether oxygens (including phenoxy) is 4. The monoisotopic (exact) mass is 654 g/mol. The third-order valence-electron chi connectivity index (χ3n) is 6.58. The summed E-state index contributed by atoms with van der Waals surface area (Å²) < 4.78 is 21.2. The molecule has 2 aromatic rings. The highest BCUT2D eigenvalue weighted by Gasteiger charge is 2.12. The molecule has 0 aliphatic carbocycles. The van der Waals surface area contributed by atoms with Gasteiger partial charge in [0.1, 0.15) is 30.9 Å². The van der Waals surface area contributed by atoms with Crippen LogP contribution in [0.25, 0.3) is 12.2 Å². The van der Waals surface area contributed by atoms with Crippen molar-refractivity contribution in [3.63, 3.8) is 0 Å². The first-order chi connectivity index (χ1) is 23.3. The number of nitriles is 2. The highest BCUT2D eigenvalue weighted by atomic mass is 16.5. The minimum atomic E-state index is -0.693. The third-order valence-corrected chi connectivity index (χ3v) is 6.58. The van der Waals surface area contributed by atoms with Crippen LogP contribution in [0, 0.1) is 22.7 Å². The minimum absolute atomic E-state index is 0.00664. The third kappa shape index (κ3) is 13.6. The summed E-state index contributed by atoms with van der Waals surface area (Å²) in [6, 6.07) is 18.1. The molecule has 2 aromatic carbocycles. The minimum Gasteiger partial charge on any atom is -0.462 e. The zero-order chi connectivity index (χ0) is 35.1. The van der Waals surface area contributed by atoms with Gasteiger partial charge in [-0.2, -0.15) is 10.5 Å². The van der Waals surface area contributed by atoms with Crippen molar-refractivity contribution in [1.29, 1.82) is 10.5 Å². The summed E-state index contributed by atoms with van der Waals surface area (Å²) in [7, 11) is 0. The van der Waals surface area contributed by atoms with Gasteiger partial charge >= 0.3 is 17.9 Å². The van der Waals surface area contributed by atoms with Crippen LogP contribution in [0.4, 0.5) is 11.4 Å². The second kappa shape index (κ2) is 21.7. The normalized spacial score (nSPS) is 10.9. The zero-order valence-electron chi connectivity index (χ0n) is 26.8. The van der Waals surface area contributed by atoms with Gasteiger partial charge in [0, 0.05) is 36.6 Å². The molecule has 2 rings (SSSR count). The van der Waals surface area contributed by atoms with E-state index < -0.39 is 17.9 Å². The smallest absolute Gasteiger partial charge is 0.348 e. The average Bonchev–Trinajstić information content (AvgIpc) is 3.11. The molecule has 0 radical (unpaired) electrons. The van der Waals surface area contributed by atoms with Crippen molar-refractivity contribution in [1.82, 2.24) is 0 Å². The van der Waals surface area contributed by atoms with Gasteiger partial charge in [0.2, 0.25) is 0 Å². The Hall–Kier alpha value is -5.98. The number of allylic oxidation sites excluding steroid dienone is 1. The summed E-state index contributed by atoms with van der Waals surface area (Å²) >= 11 is 0. The van der Waals surface area contributed by atoms with E-state index >= 15 is 0 Å². The van der Waals surface area contributed by atoms with Gasteiger partial charge in [-0.05, 0) is 54.5 Å². The van der Waals surface area contributed by atoms with E-state index in [1.807, 2.05) is 46.2 Å². The van der Waals surface area contributed by atoms with Crippen molar-refractivity contribution in [2.45, 2.75) is 6.92 Å². The second-order valence-corrected chi connectivity index (χ2v) is 9.73. The van der Waals surface area contributed by atoms with Crippen molar-refractivity contribution < 1.29 is 38.1 Å². The Labute approximate surface area is 280 Å². The maximum Gasteiger partial charge on any atom is 0.348 e. The topological polar surface area (TPSA) is 159 Å². The Morgan fingerprint density at radius 1 is 0.708 bits per heavy atom. The SMILES string of the molecule is C=CC(=O)OCCN(CCOCCN(CCOC(=O)C=C)c1ccc(/C=C(\C#N)C(=O)OCC)cc1)c1ccc(/C=C(\C#N)C=O)cc1. The Balaban J connectivity index is 2.09. The van der Waals surface area contributed by atoms with E-state index in [4.69, 9.17) is 24.2 Å². The molecule has 0 aromatic heterocycles. The predicted octanol–water partition coefficient (Wildman–Crippen LogP) is 4.05. The van der Waals surface area contributed by atoms with E-state index in [0.717, 1.165) is 23.5 Å². The van der Waals surface area contributed by atoms with E-state index in [1.54, 1.807) is 31.2 Å². The van der Waals surface area contributed by atoms with Crippen LogP contribution in [0.1, 0.15) is 18.1 Å². The molecule has 250 valence electrons.